The van der Waals surface area contributed by atoms with Gasteiger partial charge in [-0.2, -0.15) is 0 Å². The molecule has 2 heterocycles. The minimum Gasteiger partial charge on any atom is -0.338 e. The van der Waals surface area contributed by atoms with Crippen molar-refractivity contribution < 1.29 is 9.72 Å². The van der Waals surface area contributed by atoms with E-state index in [2.05, 4.69) is 29.2 Å². The molecule has 0 aliphatic carbocycles. The van der Waals surface area contributed by atoms with E-state index in [-0.39, 0.29) is 16.6 Å². The number of benzene rings is 2. The number of non-ortho nitro benzene ring substituents is 1. The smallest absolute Gasteiger partial charge is 0.270 e. The molecule has 1 amide bonds. The third-order valence-electron chi connectivity index (χ3n) is 5.82. The highest BCUT2D eigenvalue weighted by molar-refractivity contribution is 6.34. The molecule has 1 fully saturated rings. The molecule has 28 heavy (non-hydrogen) atoms. The highest BCUT2D eigenvalue weighted by Gasteiger charge is 2.30. The number of nitro groups is 1. The van der Waals surface area contributed by atoms with E-state index in [1.54, 1.807) is 4.90 Å². The van der Waals surface area contributed by atoms with Crippen molar-refractivity contribution in [3.8, 4) is 0 Å². The number of piperidine rings is 1. The number of rotatable bonds is 3. The van der Waals surface area contributed by atoms with Crippen LogP contribution < -0.4 is 0 Å². The molecule has 0 atom stereocenters. The van der Waals surface area contributed by atoms with Crippen LogP contribution in [0.3, 0.4) is 0 Å². The van der Waals surface area contributed by atoms with Crippen LogP contribution in [0.15, 0.2) is 42.5 Å². The largest absolute Gasteiger partial charge is 0.338 e. The molecule has 4 rings (SSSR count). The molecule has 6 nitrogen and oxygen atoms in total. The Morgan fingerprint density at radius 1 is 1.07 bits per heavy atom. The minimum absolute atomic E-state index is 0.106. The van der Waals surface area contributed by atoms with E-state index in [0.29, 0.717) is 24.7 Å². The van der Waals surface area contributed by atoms with Crippen LogP contribution in [0.1, 0.15) is 34.3 Å². The first-order chi connectivity index (χ1) is 13.5. The number of likely N-dealkylation sites (tertiary alicyclic amines) is 1. The number of carbonyl (C=O) groups excluding carboxylic acids is 1. The molecule has 7 heteroatoms. The Balaban J connectivity index is 1.38. The average molecular weight is 400 g/mol. The van der Waals surface area contributed by atoms with Crippen LogP contribution in [-0.4, -0.2) is 46.3 Å². The van der Waals surface area contributed by atoms with Crippen LogP contribution >= 0.6 is 11.6 Å². The zero-order valence-electron chi connectivity index (χ0n) is 15.5. The van der Waals surface area contributed by atoms with Crippen molar-refractivity contribution in [3.63, 3.8) is 0 Å². The molecule has 0 spiro atoms. The predicted molar refractivity (Wildman–Crippen MR) is 108 cm³/mol. The highest BCUT2D eigenvalue weighted by atomic mass is 35.5. The quantitative estimate of drug-likeness (QED) is 0.579. The van der Waals surface area contributed by atoms with E-state index >= 15 is 0 Å². The molecule has 2 aliphatic rings. The summed E-state index contributed by atoms with van der Waals surface area (Å²) in [7, 11) is 0. The Labute approximate surface area is 168 Å². The van der Waals surface area contributed by atoms with Gasteiger partial charge in [0.1, 0.15) is 0 Å². The second-order valence-electron chi connectivity index (χ2n) is 7.43. The van der Waals surface area contributed by atoms with Gasteiger partial charge in [-0.1, -0.05) is 35.9 Å². The first kappa shape index (κ1) is 18.9. The van der Waals surface area contributed by atoms with Gasteiger partial charge in [0.15, 0.2) is 0 Å². The summed E-state index contributed by atoms with van der Waals surface area (Å²) in [6.45, 7) is 3.39. The standard InChI is InChI=1S/C21H22ClN3O3/c22-20-13-18(25(27)28)5-6-19(20)21(26)23-11-8-17(9-12-23)24-10-7-15-3-1-2-4-16(15)14-24/h1-6,13,17H,7-12,14H2. The van der Waals surface area contributed by atoms with Crippen molar-refractivity contribution in [2.45, 2.75) is 31.8 Å². The fourth-order valence-corrected chi connectivity index (χ4v) is 4.48. The second-order valence-corrected chi connectivity index (χ2v) is 7.84. The first-order valence-corrected chi connectivity index (χ1v) is 9.95. The van der Waals surface area contributed by atoms with Crippen LogP contribution in [0.25, 0.3) is 0 Å². The fraction of sp³-hybridized carbons (Fsp3) is 0.381. The highest BCUT2D eigenvalue weighted by Crippen LogP contribution is 2.27. The van der Waals surface area contributed by atoms with Crippen LogP contribution in [0.2, 0.25) is 5.02 Å². The Bertz CT molecular complexity index is 910. The number of hydrogen-bond acceptors (Lipinski definition) is 4. The van der Waals surface area contributed by atoms with E-state index in [1.807, 2.05) is 0 Å². The lowest BCUT2D eigenvalue weighted by Crippen LogP contribution is -2.48. The maximum Gasteiger partial charge on any atom is 0.270 e. The van der Waals surface area contributed by atoms with E-state index in [0.717, 1.165) is 32.4 Å². The number of halogens is 1. The lowest BCUT2D eigenvalue weighted by atomic mass is 9.95. The molecule has 2 aromatic rings. The third kappa shape index (κ3) is 3.75. The molecular weight excluding hydrogens is 378 g/mol. The van der Waals surface area contributed by atoms with Gasteiger partial charge in [-0.05, 0) is 36.5 Å². The normalized spacial score (nSPS) is 18.0. The Hall–Kier alpha value is -2.44. The molecule has 2 aromatic carbocycles. The number of nitro benzene ring substituents is 1. The fourth-order valence-electron chi connectivity index (χ4n) is 4.22. The lowest BCUT2D eigenvalue weighted by Gasteiger charge is -2.40. The number of fused-ring (bicyclic) bond motifs is 1. The molecular formula is C21H22ClN3O3. The molecule has 0 N–H and O–H groups in total. The van der Waals surface area contributed by atoms with Gasteiger partial charge in [-0.15, -0.1) is 0 Å². The van der Waals surface area contributed by atoms with Gasteiger partial charge in [0, 0.05) is 44.4 Å². The summed E-state index contributed by atoms with van der Waals surface area (Å²) < 4.78 is 0. The van der Waals surface area contributed by atoms with Gasteiger partial charge in [0.05, 0.1) is 15.5 Å². The van der Waals surface area contributed by atoms with Crippen LogP contribution in [0, 0.1) is 10.1 Å². The summed E-state index contributed by atoms with van der Waals surface area (Å²) in [6.07, 6.45) is 2.94. The third-order valence-corrected chi connectivity index (χ3v) is 6.13. The number of carbonyl (C=O) groups is 1. The second kappa shape index (κ2) is 7.89. The van der Waals surface area contributed by atoms with E-state index < -0.39 is 4.92 Å². The average Bonchev–Trinajstić information content (AvgIpc) is 2.73. The Morgan fingerprint density at radius 3 is 2.46 bits per heavy atom. The minimum atomic E-state index is -0.512. The summed E-state index contributed by atoms with van der Waals surface area (Å²) in [4.78, 5) is 27.5. The Morgan fingerprint density at radius 2 is 1.79 bits per heavy atom. The molecule has 0 saturated carbocycles. The predicted octanol–water partition coefficient (Wildman–Crippen LogP) is 3.91. The molecule has 0 radical (unpaired) electrons. The van der Waals surface area contributed by atoms with E-state index in [1.165, 1.54) is 29.3 Å². The number of hydrogen-bond donors (Lipinski definition) is 0. The maximum absolute atomic E-state index is 12.8. The molecule has 0 bridgehead atoms. The molecule has 1 saturated heterocycles. The number of nitrogens with zero attached hydrogens (tertiary/aromatic N) is 3. The van der Waals surface area contributed by atoms with Crippen LogP contribution in [-0.2, 0) is 13.0 Å². The Kier molecular flexibility index (Phi) is 5.33. The van der Waals surface area contributed by atoms with E-state index in [4.69, 9.17) is 11.6 Å². The van der Waals surface area contributed by atoms with Gasteiger partial charge in [-0.25, -0.2) is 0 Å². The van der Waals surface area contributed by atoms with E-state index in [9.17, 15) is 14.9 Å². The maximum atomic E-state index is 12.8. The summed E-state index contributed by atoms with van der Waals surface area (Å²) in [5, 5.41) is 11.0. The van der Waals surface area contributed by atoms with Gasteiger partial charge in [-0.3, -0.25) is 19.8 Å². The monoisotopic (exact) mass is 399 g/mol. The summed E-state index contributed by atoms with van der Waals surface area (Å²) in [6, 6.07) is 13.1. The van der Waals surface area contributed by atoms with Crippen molar-refractivity contribution >= 4 is 23.2 Å². The SMILES string of the molecule is O=C(c1ccc([N+](=O)[O-])cc1Cl)N1CCC(N2CCc3ccccc3C2)CC1. The summed E-state index contributed by atoms with van der Waals surface area (Å²) in [5.41, 5.74) is 3.08. The zero-order valence-corrected chi connectivity index (χ0v) is 16.3. The van der Waals surface area contributed by atoms with Gasteiger partial charge in [0.2, 0.25) is 0 Å². The van der Waals surface area contributed by atoms with Crippen molar-refractivity contribution in [1.29, 1.82) is 0 Å². The molecule has 2 aliphatic heterocycles. The molecule has 0 aromatic heterocycles. The topological polar surface area (TPSA) is 66.7 Å². The summed E-state index contributed by atoms with van der Waals surface area (Å²) in [5.74, 6) is -0.151. The van der Waals surface area contributed by atoms with Crippen molar-refractivity contribution in [2.75, 3.05) is 19.6 Å². The van der Waals surface area contributed by atoms with Crippen LogP contribution in [0.5, 0.6) is 0 Å². The van der Waals surface area contributed by atoms with Crippen molar-refractivity contribution in [3.05, 3.63) is 74.3 Å². The zero-order chi connectivity index (χ0) is 19.7. The van der Waals surface area contributed by atoms with Crippen LogP contribution in [0.4, 0.5) is 5.69 Å². The lowest BCUT2D eigenvalue weighted by molar-refractivity contribution is -0.384. The molecule has 146 valence electrons. The molecule has 0 unspecified atom stereocenters. The first-order valence-electron chi connectivity index (χ1n) is 9.57. The number of amides is 1. The van der Waals surface area contributed by atoms with Crippen molar-refractivity contribution in [2.24, 2.45) is 0 Å². The summed E-state index contributed by atoms with van der Waals surface area (Å²) >= 11 is 6.13. The van der Waals surface area contributed by atoms with Gasteiger partial charge in [0.25, 0.3) is 11.6 Å². The van der Waals surface area contributed by atoms with Gasteiger partial charge < -0.3 is 4.90 Å². The van der Waals surface area contributed by atoms with Gasteiger partial charge >= 0.3 is 0 Å². The van der Waals surface area contributed by atoms with Crippen molar-refractivity contribution in [1.82, 2.24) is 9.80 Å².